The number of rotatable bonds is 7. The molecule has 2 aromatic carbocycles. The van der Waals surface area contributed by atoms with Gasteiger partial charge in [0.25, 0.3) is 0 Å². The van der Waals surface area contributed by atoms with Crippen LogP contribution >= 0.6 is 24.0 Å². The lowest BCUT2D eigenvalue weighted by Crippen LogP contribution is -2.27. The molecule has 2 rings (SSSR count). The molecule has 5 nitrogen and oxygen atoms in total. The van der Waals surface area contributed by atoms with Gasteiger partial charge in [-0.1, -0.05) is 25.1 Å². The summed E-state index contributed by atoms with van der Waals surface area (Å²) < 4.78 is 43.2. The van der Waals surface area contributed by atoms with Gasteiger partial charge in [0, 0.05) is 5.69 Å². The summed E-state index contributed by atoms with van der Waals surface area (Å²) in [5.74, 6) is 0.146. The first kappa shape index (κ1) is 24.0. The normalized spacial score (nSPS) is 12.8. The van der Waals surface area contributed by atoms with Gasteiger partial charge in [0.05, 0.1) is 12.1 Å². The second-order valence-corrected chi connectivity index (χ2v) is 5.89. The van der Waals surface area contributed by atoms with E-state index in [1.54, 1.807) is 0 Å². The van der Waals surface area contributed by atoms with Crippen molar-refractivity contribution in [2.45, 2.75) is 25.6 Å². The molecule has 0 fully saturated rings. The topological polar surface area (TPSA) is 79.9 Å². The van der Waals surface area contributed by atoms with Crippen molar-refractivity contribution in [1.82, 2.24) is 0 Å². The van der Waals surface area contributed by atoms with Crippen molar-refractivity contribution in [3.8, 4) is 5.75 Å². The Hall–Kier alpha value is -2.01. The van der Waals surface area contributed by atoms with Crippen LogP contribution in [-0.2, 0) is 12.6 Å². The summed E-state index contributed by atoms with van der Waals surface area (Å²) in [6.45, 7) is 1.80. The SMILES string of the molecule is CCc1ccc(NC(N)=NCC(O)COc2cccc(C(F)(F)F)c2)cc1.I. The van der Waals surface area contributed by atoms with E-state index in [4.69, 9.17) is 10.5 Å². The Balaban J connectivity index is 0.00000392. The van der Waals surface area contributed by atoms with Crippen molar-refractivity contribution in [1.29, 1.82) is 0 Å². The molecule has 0 heterocycles. The van der Waals surface area contributed by atoms with Gasteiger partial charge in [0.1, 0.15) is 18.5 Å². The molecule has 0 saturated heterocycles. The summed E-state index contributed by atoms with van der Waals surface area (Å²) in [6, 6.07) is 12.1. The number of nitrogens with two attached hydrogens (primary N) is 1. The fourth-order valence-corrected chi connectivity index (χ4v) is 2.22. The van der Waals surface area contributed by atoms with Gasteiger partial charge < -0.3 is 20.9 Å². The van der Waals surface area contributed by atoms with Crippen LogP contribution in [0.2, 0.25) is 0 Å². The molecule has 28 heavy (non-hydrogen) atoms. The molecule has 0 aromatic heterocycles. The Morgan fingerprint density at radius 3 is 2.50 bits per heavy atom. The zero-order valence-corrected chi connectivity index (χ0v) is 17.6. The molecule has 1 unspecified atom stereocenters. The number of guanidine groups is 1. The lowest BCUT2D eigenvalue weighted by Gasteiger charge is -2.13. The minimum Gasteiger partial charge on any atom is -0.491 e. The number of anilines is 1. The van der Waals surface area contributed by atoms with Crippen molar-refractivity contribution in [3.05, 3.63) is 59.7 Å². The van der Waals surface area contributed by atoms with E-state index in [9.17, 15) is 18.3 Å². The first-order valence-corrected chi connectivity index (χ1v) is 8.42. The van der Waals surface area contributed by atoms with E-state index in [0.29, 0.717) is 0 Å². The average molecular weight is 509 g/mol. The van der Waals surface area contributed by atoms with Crippen LogP contribution in [0, 0.1) is 0 Å². The summed E-state index contributed by atoms with van der Waals surface area (Å²) in [7, 11) is 0. The maximum Gasteiger partial charge on any atom is 0.416 e. The van der Waals surface area contributed by atoms with Gasteiger partial charge in [0.15, 0.2) is 5.96 Å². The first-order valence-electron chi connectivity index (χ1n) is 8.42. The number of halogens is 4. The molecule has 2 aromatic rings. The molecule has 0 spiro atoms. The summed E-state index contributed by atoms with van der Waals surface area (Å²) in [6.07, 6.45) is -4.53. The summed E-state index contributed by atoms with van der Waals surface area (Å²) in [4.78, 5) is 4.00. The summed E-state index contributed by atoms with van der Waals surface area (Å²) in [5, 5.41) is 12.8. The molecule has 1 atom stereocenters. The van der Waals surface area contributed by atoms with E-state index in [1.807, 2.05) is 24.3 Å². The Kier molecular flexibility index (Phi) is 9.53. The molecule has 0 radical (unpaired) electrons. The number of aliphatic hydroxyl groups excluding tert-OH is 1. The molecule has 9 heteroatoms. The number of hydrogen-bond donors (Lipinski definition) is 3. The number of aryl methyl sites for hydroxylation is 1. The number of nitrogens with one attached hydrogen (secondary N) is 1. The highest BCUT2D eigenvalue weighted by atomic mass is 127. The van der Waals surface area contributed by atoms with Crippen molar-refractivity contribution < 1.29 is 23.0 Å². The number of benzene rings is 2. The van der Waals surface area contributed by atoms with Crippen LogP contribution in [0.25, 0.3) is 0 Å². The zero-order valence-electron chi connectivity index (χ0n) is 15.2. The van der Waals surface area contributed by atoms with Crippen LogP contribution in [-0.4, -0.2) is 30.3 Å². The number of aliphatic hydroxyl groups is 1. The Bertz CT molecular complexity index is 768. The maximum absolute atomic E-state index is 12.7. The van der Waals surface area contributed by atoms with Crippen molar-refractivity contribution in [2.75, 3.05) is 18.5 Å². The minimum atomic E-state index is -4.45. The van der Waals surface area contributed by atoms with Crippen molar-refractivity contribution in [3.63, 3.8) is 0 Å². The Morgan fingerprint density at radius 2 is 1.89 bits per heavy atom. The molecule has 0 aliphatic rings. The van der Waals surface area contributed by atoms with E-state index in [-0.39, 0.29) is 48.8 Å². The standard InChI is InChI=1S/C19H22F3N3O2.HI/c1-2-13-6-8-15(9-7-13)25-18(23)24-11-16(26)12-27-17-5-3-4-14(10-17)19(20,21)22;/h3-10,16,26H,2,11-12H2,1H3,(H3,23,24,25);1H. The monoisotopic (exact) mass is 509 g/mol. The number of hydrogen-bond acceptors (Lipinski definition) is 3. The van der Waals surface area contributed by atoms with Crippen LogP contribution in [0.3, 0.4) is 0 Å². The lowest BCUT2D eigenvalue weighted by atomic mass is 10.1. The maximum atomic E-state index is 12.7. The second kappa shape index (κ2) is 11.1. The van der Waals surface area contributed by atoms with Crippen LogP contribution in [0.15, 0.2) is 53.5 Å². The molecule has 0 amide bonds. The van der Waals surface area contributed by atoms with E-state index >= 15 is 0 Å². The largest absolute Gasteiger partial charge is 0.491 e. The average Bonchev–Trinajstić information content (AvgIpc) is 2.65. The van der Waals surface area contributed by atoms with Gasteiger partial charge in [0.2, 0.25) is 0 Å². The van der Waals surface area contributed by atoms with Crippen LogP contribution in [0.1, 0.15) is 18.1 Å². The zero-order chi connectivity index (χ0) is 19.9. The molecule has 0 saturated carbocycles. The van der Waals surface area contributed by atoms with Crippen LogP contribution in [0.5, 0.6) is 5.75 Å². The number of nitrogens with zero attached hydrogens (tertiary/aromatic N) is 1. The first-order chi connectivity index (χ1) is 12.8. The van der Waals surface area contributed by atoms with Gasteiger partial charge in [-0.25, -0.2) is 0 Å². The fourth-order valence-electron chi connectivity index (χ4n) is 2.22. The third-order valence-corrected chi connectivity index (χ3v) is 3.71. The lowest BCUT2D eigenvalue weighted by molar-refractivity contribution is -0.137. The Morgan fingerprint density at radius 1 is 1.21 bits per heavy atom. The quantitative estimate of drug-likeness (QED) is 0.299. The van der Waals surface area contributed by atoms with E-state index in [0.717, 1.165) is 24.2 Å². The van der Waals surface area contributed by atoms with Crippen molar-refractivity contribution >= 4 is 35.6 Å². The second-order valence-electron chi connectivity index (χ2n) is 5.89. The molecular weight excluding hydrogens is 486 g/mol. The molecule has 0 aliphatic carbocycles. The molecule has 0 bridgehead atoms. The molecule has 4 N–H and O–H groups in total. The third kappa shape index (κ3) is 7.93. The highest BCUT2D eigenvalue weighted by molar-refractivity contribution is 14.0. The van der Waals surface area contributed by atoms with Crippen LogP contribution in [0.4, 0.5) is 18.9 Å². The van der Waals surface area contributed by atoms with Gasteiger partial charge in [-0.2, -0.15) is 13.2 Å². The van der Waals surface area contributed by atoms with Gasteiger partial charge in [-0.15, -0.1) is 24.0 Å². The van der Waals surface area contributed by atoms with Crippen LogP contribution < -0.4 is 15.8 Å². The molecule has 0 aliphatic heterocycles. The minimum absolute atomic E-state index is 0. The van der Waals surface area contributed by atoms with E-state index in [2.05, 4.69) is 17.2 Å². The summed E-state index contributed by atoms with van der Waals surface area (Å²) >= 11 is 0. The highest BCUT2D eigenvalue weighted by Gasteiger charge is 2.30. The Labute approximate surface area is 178 Å². The number of aliphatic imine (C=N–C) groups is 1. The highest BCUT2D eigenvalue weighted by Crippen LogP contribution is 2.31. The fraction of sp³-hybridized carbons (Fsp3) is 0.316. The third-order valence-electron chi connectivity index (χ3n) is 3.71. The predicted molar refractivity (Wildman–Crippen MR) is 114 cm³/mol. The smallest absolute Gasteiger partial charge is 0.416 e. The number of ether oxygens (including phenoxy) is 1. The van der Waals surface area contributed by atoms with E-state index < -0.39 is 17.8 Å². The molecular formula is C19H23F3IN3O2. The number of alkyl halides is 3. The van der Waals surface area contributed by atoms with E-state index in [1.165, 1.54) is 17.7 Å². The van der Waals surface area contributed by atoms with Gasteiger partial charge in [-0.3, -0.25) is 4.99 Å². The summed E-state index contributed by atoms with van der Waals surface area (Å²) in [5.41, 5.74) is 6.91. The van der Waals surface area contributed by atoms with Gasteiger partial charge >= 0.3 is 6.18 Å². The molecule has 154 valence electrons. The van der Waals surface area contributed by atoms with Crippen molar-refractivity contribution in [2.24, 2.45) is 10.7 Å². The van der Waals surface area contributed by atoms with Gasteiger partial charge in [-0.05, 0) is 42.3 Å². The predicted octanol–water partition coefficient (Wildman–Crippen LogP) is 4.05.